The molecular weight excluding hydrogens is 272 g/mol. The summed E-state index contributed by atoms with van der Waals surface area (Å²) >= 11 is 5.71. The Morgan fingerprint density at radius 1 is 1.67 bits per heavy atom. The van der Waals surface area contributed by atoms with Crippen molar-refractivity contribution in [3.05, 3.63) is 29.0 Å². The van der Waals surface area contributed by atoms with Crippen molar-refractivity contribution in [2.75, 3.05) is 13.6 Å². The van der Waals surface area contributed by atoms with Crippen molar-refractivity contribution in [1.29, 1.82) is 5.26 Å². The van der Waals surface area contributed by atoms with Gasteiger partial charge in [-0.05, 0) is 18.6 Å². The standard InChI is InChI=1S/C11H15ClN4OS/c1-4-16(3)18(17,15-8-13)9(2)10-5-6-11(12)14-7-10/h5-7,9H,4H2,1-3H3. The van der Waals surface area contributed by atoms with Crippen molar-refractivity contribution in [3.63, 3.8) is 0 Å². The Bertz CT molecular complexity index is 557. The van der Waals surface area contributed by atoms with E-state index in [1.54, 1.807) is 42.8 Å². The number of halogens is 1. The lowest BCUT2D eigenvalue weighted by Crippen LogP contribution is -2.30. The first-order valence-electron chi connectivity index (χ1n) is 5.42. The highest BCUT2D eigenvalue weighted by molar-refractivity contribution is 7.91. The van der Waals surface area contributed by atoms with Gasteiger partial charge in [0, 0.05) is 19.8 Å². The molecular formula is C11H15ClN4OS. The fourth-order valence-electron chi connectivity index (χ4n) is 1.47. The Labute approximate surface area is 113 Å². The molecule has 0 radical (unpaired) electrons. The van der Waals surface area contributed by atoms with Gasteiger partial charge in [-0.15, -0.1) is 4.36 Å². The molecule has 0 bridgehead atoms. The van der Waals surface area contributed by atoms with Gasteiger partial charge in [0.05, 0.1) is 5.25 Å². The summed E-state index contributed by atoms with van der Waals surface area (Å²) < 4.78 is 18.0. The van der Waals surface area contributed by atoms with E-state index < -0.39 is 15.2 Å². The summed E-state index contributed by atoms with van der Waals surface area (Å²) in [6.45, 7) is 4.16. The Hall–Kier alpha value is -1.16. The summed E-state index contributed by atoms with van der Waals surface area (Å²) in [5, 5.41) is 8.68. The summed E-state index contributed by atoms with van der Waals surface area (Å²) in [6, 6.07) is 3.38. The molecule has 98 valence electrons. The minimum atomic E-state index is -2.80. The van der Waals surface area contributed by atoms with E-state index in [1.807, 2.05) is 6.92 Å². The molecule has 0 amide bonds. The second-order valence-corrected chi connectivity index (χ2v) is 6.71. The van der Waals surface area contributed by atoms with E-state index in [2.05, 4.69) is 9.35 Å². The Kier molecular flexibility index (Phi) is 5.08. The summed E-state index contributed by atoms with van der Waals surface area (Å²) in [5.41, 5.74) is 0.740. The van der Waals surface area contributed by atoms with Crippen molar-refractivity contribution in [1.82, 2.24) is 9.29 Å². The first-order valence-corrected chi connectivity index (χ1v) is 7.33. The molecule has 0 N–H and O–H groups in total. The normalized spacial score (nSPS) is 15.8. The van der Waals surface area contributed by atoms with Crippen LogP contribution in [0.15, 0.2) is 22.7 Å². The van der Waals surface area contributed by atoms with E-state index in [1.165, 1.54) is 0 Å². The van der Waals surface area contributed by atoms with Gasteiger partial charge in [0.2, 0.25) is 6.19 Å². The fraction of sp³-hybridized carbons (Fsp3) is 0.455. The molecule has 0 saturated carbocycles. The second-order valence-electron chi connectivity index (χ2n) is 3.73. The van der Waals surface area contributed by atoms with E-state index in [4.69, 9.17) is 16.9 Å². The van der Waals surface area contributed by atoms with E-state index >= 15 is 0 Å². The van der Waals surface area contributed by atoms with Crippen LogP contribution in [0, 0.1) is 11.5 Å². The molecule has 2 unspecified atom stereocenters. The third-order valence-corrected chi connectivity index (χ3v) is 5.66. The number of nitrogens with zero attached hydrogens (tertiary/aromatic N) is 4. The molecule has 7 heteroatoms. The topological polar surface area (TPSA) is 69.3 Å². The molecule has 0 aliphatic carbocycles. The van der Waals surface area contributed by atoms with Gasteiger partial charge in [-0.3, -0.25) is 0 Å². The minimum Gasteiger partial charge on any atom is -0.244 e. The smallest absolute Gasteiger partial charge is 0.215 e. The quantitative estimate of drug-likeness (QED) is 0.631. The number of rotatable bonds is 4. The van der Waals surface area contributed by atoms with Gasteiger partial charge < -0.3 is 0 Å². The molecule has 2 atom stereocenters. The lowest BCUT2D eigenvalue weighted by molar-refractivity contribution is 0.531. The monoisotopic (exact) mass is 286 g/mol. The molecule has 0 aliphatic heterocycles. The highest BCUT2D eigenvalue weighted by Crippen LogP contribution is 2.26. The van der Waals surface area contributed by atoms with Crippen molar-refractivity contribution in [2.45, 2.75) is 19.1 Å². The third kappa shape index (κ3) is 2.99. The van der Waals surface area contributed by atoms with Gasteiger partial charge in [-0.2, -0.15) is 5.26 Å². The molecule has 1 aromatic heterocycles. The summed E-state index contributed by atoms with van der Waals surface area (Å²) in [6.07, 6.45) is 3.21. The van der Waals surface area contributed by atoms with E-state index in [-0.39, 0.29) is 0 Å². The number of hydrogen-bond acceptors (Lipinski definition) is 4. The molecule has 5 nitrogen and oxygen atoms in total. The SMILES string of the molecule is CCN(C)S(=O)(=NC#N)C(C)c1ccc(Cl)nc1. The fourth-order valence-corrected chi connectivity index (χ4v) is 3.40. The highest BCUT2D eigenvalue weighted by atomic mass is 35.5. The number of aromatic nitrogens is 1. The molecule has 1 rings (SSSR count). The van der Waals surface area contributed by atoms with E-state index in [9.17, 15) is 4.21 Å². The molecule has 0 aliphatic rings. The van der Waals surface area contributed by atoms with Crippen LogP contribution < -0.4 is 0 Å². The van der Waals surface area contributed by atoms with Crippen LogP contribution in [-0.4, -0.2) is 27.1 Å². The Balaban J connectivity index is 3.25. The predicted molar refractivity (Wildman–Crippen MR) is 72.1 cm³/mol. The van der Waals surface area contributed by atoms with Crippen LogP contribution >= 0.6 is 11.6 Å². The number of hydrogen-bond donors (Lipinski definition) is 0. The van der Waals surface area contributed by atoms with Crippen LogP contribution in [0.25, 0.3) is 0 Å². The average Bonchev–Trinajstić information content (AvgIpc) is 2.38. The average molecular weight is 287 g/mol. The maximum Gasteiger partial charge on any atom is 0.215 e. The molecule has 1 aromatic rings. The number of pyridine rings is 1. The lowest BCUT2D eigenvalue weighted by atomic mass is 10.2. The van der Waals surface area contributed by atoms with Gasteiger partial charge in [-0.1, -0.05) is 24.6 Å². The molecule has 0 fully saturated rings. The summed E-state index contributed by atoms with van der Waals surface area (Å²) in [5.74, 6) is 0. The zero-order valence-corrected chi connectivity index (χ0v) is 12.1. The van der Waals surface area contributed by atoms with Crippen molar-refractivity contribution in [3.8, 4) is 6.19 Å². The zero-order valence-electron chi connectivity index (χ0n) is 10.5. The van der Waals surface area contributed by atoms with Gasteiger partial charge in [0.1, 0.15) is 15.1 Å². The first-order chi connectivity index (χ1) is 8.45. The molecule has 0 spiro atoms. The molecule has 0 saturated heterocycles. The van der Waals surface area contributed by atoms with Crippen LogP contribution in [0.2, 0.25) is 5.15 Å². The maximum absolute atomic E-state index is 12.8. The van der Waals surface area contributed by atoms with Crippen LogP contribution in [-0.2, 0) is 9.92 Å². The number of nitriles is 1. The van der Waals surface area contributed by atoms with Crippen LogP contribution in [0.3, 0.4) is 0 Å². The maximum atomic E-state index is 12.8. The Morgan fingerprint density at radius 2 is 2.33 bits per heavy atom. The van der Waals surface area contributed by atoms with Crippen LogP contribution in [0.1, 0.15) is 24.7 Å². The van der Waals surface area contributed by atoms with Gasteiger partial charge in [0.25, 0.3) is 0 Å². The van der Waals surface area contributed by atoms with Crippen LogP contribution in [0.5, 0.6) is 0 Å². The highest BCUT2D eigenvalue weighted by Gasteiger charge is 2.25. The molecule has 0 aromatic carbocycles. The second kappa shape index (κ2) is 6.14. The van der Waals surface area contributed by atoms with Gasteiger partial charge in [0.15, 0.2) is 0 Å². The van der Waals surface area contributed by atoms with Crippen molar-refractivity contribution < 1.29 is 4.21 Å². The third-order valence-electron chi connectivity index (χ3n) is 2.74. The molecule has 1 heterocycles. The Morgan fingerprint density at radius 3 is 2.78 bits per heavy atom. The first kappa shape index (κ1) is 14.9. The van der Waals surface area contributed by atoms with Gasteiger partial charge >= 0.3 is 0 Å². The van der Waals surface area contributed by atoms with Crippen molar-refractivity contribution >= 4 is 21.5 Å². The summed E-state index contributed by atoms with van der Waals surface area (Å²) in [7, 11) is -1.11. The van der Waals surface area contributed by atoms with Gasteiger partial charge in [-0.25, -0.2) is 13.5 Å². The predicted octanol–water partition coefficient (Wildman–Crippen LogP) is 2.61. The van der Waals surface area contributed by atoms with Crippen LogP contribution in [0.4, 0.5) is 0 Å². The summed E-state index contributed by atoms with van der Waals surface area (Å²) in [4.78, 5) is 3.96. The molecule has 18 heavy (non-hydrogen) atoms. The lowest BCUT2D eigenvalue weighted by Gasteiger charge is -2.24. The minimum absolute atomic E-state index is 0.374. The largest absolute Gasteiger partial charge is 0.244 e. The zero-order chi connectivity index (χ0) is 13.8. The van der Waals surface area contributed by atoms with Crippen molar-refractivity contribution in [2.24, 2.45) is 4.36 Å². The van der Waals surface area contributed by atoms with E-state index in [0.29, 0.717) is 11.7 Å². The van der Waals surface area contributed by atoms with E-state index in [0.717, 1.165) is 5.56 Å².